The first-order chi connectivity index (χ1) is 12.6. The van der Waals surface area contributed by atoms with Crippen molar-refractivity contribution in [1.82, 2.24) is 5.32 Å². The summed E-state index contributed by atoms with van der Waals surface area (Å²) in [5.41, 5.74) is 2.46. The van der Waals surface area contributed by atoms with Crippen LogP contribution in [-0.2, 0) is 14.3 Å². The van der Waals surface area contributed by atoms with Crippen LogP contribution < -0.4 is 10.1 Å². The van der Waals surface area contributed by atoms with Crippen molar-refractivity contribution in [2.75, 3.05) is 7.11 Å². The molecule has 0 saturated carbocycles. The summed E-state index contributed by atoms with van der Waals surface area (Å²) < 4.78 is 10.5. The van der Waals surface area contributed by atoms with Gasteiger partial charge in [0.2, 0.25) is 0 Å². The Balaban J connectivity index is 1.95. The second-order valence-corrected chi connectivity index (χ2v) is 6.76. The van der Waals surface area contributed by atoms with Crippen molar-refractivity contribution in [3.63, 3.8) is 0 Å². The van der Waals surface area contributed by atoms with E-state index in [9.17, 15) is 9.59 Å². The summed E-state index contributed by atoms with van der Waals surface area (Å²) >= 11 is 1.44. The topological polar surface area (TPSA) is 64.6 Å². The van der Waals surface area contributed by atoms with Crippen molar-refractivity contribution in [3.8, 4) is 5.75 Å². The van der Waals surface area contributed by atoms with E-state index in [1.165, 1.54) is 18.7 Å². The predicted octanol–water partition coefficient (Wildman–Crippen LogP) is 3.53. The molecule has 0 aliphatic carbocycles. The van der Waals surface area contributed by atoms with Crippen molar-refractivity contribution in [1.29, 1.82) is 0 Å². The van der Waals surface area contributed by atoms with Gasteiger partial charge in [0.25, 0.3) is 5.91 Å². The Labute approximate surface area is 156 Å². The highest BCUT2D eigenvalue weighted by molar-refractivity contribution is 8.02. The average Bonchev–Trinajstić information content (AvgIpc) is 2.82. The Kier molecular flexibility index (Phi) is 5.63. The maximum absolute atomic E-state index is 12.8. The molecule has 0 saturated heterocycles. The van der Waals surface area contributed by atoms with Crippen LogP contribution in [0.2, 0.25) is 0 Å². The molecule has 134 valence electrons. The molecular weight excluding hydrogens is 350 g/mol. The Morgan fingerprint density at radius 3 is 2.38 bits per heavy atom. The molecule has 1 aliphatic rings. The van der Waals surface area contributed by atoms with Gasteiger partial charge in [-0.15, -0.1) is 11.8 Å². The number of hydrogen-bond acceptors (Lipinski definition) is 5. The van der Waals surface area contributed by atoms with E-state index < -0.39 is 12.1 Å². The summed E-state index contributed by atoms with van der Waals surface area (Å²) in [6, 6.07) is 17.0. The fourth-order valence-electron chi connectivity index (χ4n) is 2.68. The molecule has 0 bridgehead atoms. The van der Waals surface area contributed by atoms with E-state index >= 15 is 0 Å². The number of rotatable bonds is 4. The van der Waals surface area contributed by atoms with Gasteiger partial charge in [-0.25, -0.2) is 0 Å². The smallest absolute Gasteiger partial charge is 0.303 e. The van der Waals surface area contributed by atoms with Gasteiger partial charge in [-0.05, 0) is 28.7 Å². The van der Waals surface area contributed by atoms with Crippen LogP contribution in [0.25, 0.3) is 5.70 Å². The van der Waals surface area contributed by atoms with Gasteiger partial charge in [0.05, 0.1) is 18.1 Å². The molecule has 1 N–H and O–H groups in total. The molecule has 1 amide bonds. The first kappa shape index (κ1) is 18.1. The summed E-state index contributed by atoms with van der Waals surface area (Å²) in [4.78, 5) is 24.3. The third kappa shape index (κ3) is 4.08. The van der Waals surface area contributed by atoms with E-state index in [0.29, 0.717) is 5.70 Å². The van der Waals surface area contributed by atoms with Crippen molar-refractivity contribution in [2.45, 2.75) is 18.3 Å². The number of amides is 1. The quantitative estimate of drug-likeness (QED) is 0.836. The second kappa shape index (κ2) is 8.10. The number of carbonyl (C=O) groups is 2. The van der Waals surface area contributed by atoms with Crippen LogP contribution in [0.4, 0.5) is 0 Å². The minimum atomic E-state index is -0.927. The standard InChI is InChI=1S/C20H19NO4S/c1-13(22)25-18-19(15-8-10-16(24-2)11-9-15)26-12-17(21-20(18)23)14-6-4-3-5-7-14/h3-12,18-19H,1-2H3,(H,21,23)/t18-,19-/m1/s1. The van der Waals surface area contributed by atoms with E-state index in [0.717, 1.165) is 16.9 Å². The van der Waals surface area contributed by atoms with E-state index in [2.05, 4.69) is 5.32 Å². The van der Waals surface area contributed by atoms with Gasteiger partial charge in [0, 0.05) is 6.92 Å². The van der Waals surface area contributed by atoms with Crippen LogP contribution >= 0.6 is 11.8 Å². The van der Waals surface area contributed by atoms with Crippen LogP contribution in [0.5, 0.6) is 5.75 Å². The molecule has 0 spiro atoms. The van der Waals surface area contributed by atoms with Gasteiger partial charge < -0.3 is 14.8 Å². The number of benzene rings is 2. The molecule has 3 rings (SSSR count). The number of hydrogen-bond donors (Lipinski definition) is 1. The Hall–Kier alpha value is -2.73. The lowest BCUT2D eigenvalue weighted by molar-refractivity contribution is -0.153. The van der Waals surface area contributed by atoms with E-state index in [4.69, 9.17) is 9.47 Å². The van der Waals surface area contributed by atoms with Crippen LogP contribution in [0.3, 0.4) is 0 Å². The number of methoxy groups -OCH3 is 1. The lowest BCUT2D eigenvalue weighted by Crippen LogP contribution is -2.38. The Bertz CT molecular complexity index is 817. The van der Waals surface area contributed by atoms with Gasteiger partial charge in [0.1, 0.15) is 5.75 Å². The molecule has 0 unspecified atom stereocenters. The molecule has 2 atom stereocenters. The van der Waals surface area contributed by atoms with Gasteiger partial charge in [-0.3, -0.25) is 9.59 Å². The number of nitrogens with one attached hydrogen (secondary N) is 1. The molecular formula is C20H19NO4S. The third-order valence-electron chi connectivity index (χ3n) is 3.95. The second-order valence-electron chi connectivity index (χ2n) is 5.75. The van der Waals surface area contributed by atoms with Crippen molar-refractivity contribution in [3.05, 3.63) is 71.1 Å². The fraction of sp³-hybridized carbons (Fsp3) is 0.200. The molecule has 1 aliphatic heterocycles. The molecule has 2 aromatic carbocycles. The van der Waals surface area contributed by atoms with E-state index in [1.54, 1.807) is 7.11 Å². The Morgan fingerprint density at radius 2 is 1.77 bits per heavy atom. The normalized spacial score (nSPS) is 19.8. The van der Waals surface area contributed by atoms with Crippen molar-refractivity contribution < 1.29 is 19.1 Å². The molecule has 0 fully saturated rings. The lowest BCUT2D eigenvalue weighted by Gasteiger charge is -2.23. The van der Waals surface area contributed by atoms with E-state index in [-0.39, 0.29) is 11.2 Å². The molecule has 0 aromatic heterocycles. The zero-order valence-corrected chi connectivity index (χ0v) is 15.3. The number of esters is 1. The molecule has 1 heterocycles. The highest BCUT2D eigenvalue weighted by Gasteiger charge is 2.35. The predicted molar refractivity (Wildman–Crippen MR) is 101 cm³/mol. The zero-order chi connectivity index (χ0) is 18.5. The van der Waals surface area contributed by atoms with Gasteiger partial charge in [-0.2, -0.15) is 0 Å². The van der Waals surface area contributed by atoms with E-state index in [1.807, 2.05) is 60.0 Å². The lowest BCUT2D eigenvalue weighted by atomic mass is 10.1. The van der Waals surface area contributed by atoms with Crippen molar-refractivity contribution >= 4 is 29.3 Å². The number of thioether (sulfide) groups is 1. The summed E-state index contributed by atoms with van der Waals surface area (Å²) in [5.74, 6) is -0.116. The monoisotopic (exact) mass is 369 g/mol. The molecule has 5 nitrogen and oxygen atoms in total. The van der Waals surface area contributed by atoms with Crippen LogP contribution in [0, 0.1) is 0 Å². The summed E-state index contributed by atoms with van der Waals surface area (Å²) in [6.07, 6.45) is -0.927. The molecule has 6 heteroatoms. The van der Waals surface area contributed by atoms with Crippen LogP contribution in [0.1, 0.15) is 23.3 Å². The summed E-state index contributed by atoms with van der Waals surface area (Å²) in [5, 5.41) is 4.41. The highest BCUT2D eigenvalue weighted by Crippen LogP contribution is 2.39. The molecule has 2 aromatic rings. The zero-order valence-electron chi connectivity index (χ0n) is 14.5. The van der Waals surface area contributed by atoms with Gasteiger partial charge in [-0.1, -0.05) is 42.5 Å². The number of ether oxygens (including phenoxy) is 2. The van der Waals surface area contributed by atoms with Gasteiger partial charge >= 0.3 is 5.97 Å². The summed E-state index contributed by atoms with van der Waals surface area (Å²) in [7, 11) is 1.60. The average molecular weight is 369 g/mol. The third-order valence-corrected chi connectivity index (χ3v) is 5.13. The minimum absolute atomic E-state index is 0.346. The van der Waals surface area contributed by atoms with Crippen LogP contribution in [0.15, 0.2) is 60.0 Å². The Morgan fingerprint density at radius 1 is 1.08 bits per heavy atom. The fourth-order valence-corrected chi connectivity index (χ4v) is 3.80. The minimum Gasteiger partial charge on any atom is -0.497 e. The largest absolute Gasteiger partial charge is 0.497 e. The maximum atomic E-state index is 12.8. The summed E-state index contributed by atoms with van der Waals surface area (Å²) in [6.45, 7) is 1.31. The molecule has 0 radical (unpaired) electrons. The first-order valence-corrected chi connectivity index (χ1v) is 9.06. The van der Waals surface area contributed by atoms with Crippen LogP contribution in [-0.4, -0.2) is 25.1 Å². The number of carbonyl (C=O) groups excluding carboxylic acids is 2. The first-order valence-electron chi connectivity index (χ1n) is 8.11. The van der Waals surface area contributed by atoms with Crippen molar-refractivity contribution in [2.24, 2.45) is 0 Å². The maximum Gasteiger partial charge on any atom is 0.303 e. The molecule has 26 heavy (non-hydrogen) atoms. The highest BCUT2D eigenvalue weighted by atomic mass is 32.2. The van der Waals surface area contributed by atoms with Gasteiger partial charge in [0.15, 0.2) is 6.10 Å². The SMILES string of the molecule is COc1ccc([C@H]2SC=C(c3ccccc3)NC(=O)[C@@H]2OC(C)=O)cc1.